The highest BCUT2D eigenvalue weighted by molar-refractivity contribution is 6.11. The number of hydrogen-bond donors (Lipinski definition) is 0. The van der Waals surface area contributed by atoms with E-state index in [-0.39, 0.29) is 0 Å². The number of benzene rings is 9. The number of aromatic nitrogens is 4. The molecule has 0 aliphatic heterocycles. The van der Waals surface area contributed by atoms with E-state index in [1.165, 1.54) is 38.6 Å². The van der Waals surface area contributed by atoms with Gasteiger partial charge in [0.15, 0.2) is 17.5 Å². The van der Waals surface area contributed by atoms with Crippen molar-refractivity contribution in [2.45, 2.75) is 5.41 Å². The second-order valence-electron chi connectivity index (χ2n) is 15.5. The van der Waals surface area contributed by atoms with Crippen LogP contribution < -0.4 is 0 Å². The SMILES string of the molecule is c1ccc(-c2nc(-c3ccc4c5ccccc5n(-c5ccccc5)c4c3)nc(-c3c4c(cc5ccccc35)C(c3ccccc3)(c3ccccc3)c3ccccc3-4)n2)cc1. The summed E-state index contributed by atoms with van der Waals surface area (Å²) in [7, 11) is 0. The standard InChI is InChI=1S/C56H36N4/c1-5-19-37(20-6-1)53-57-54(39-33-34-45-44-29-16-18-32-49(44)60(50(45)36-39)42-26-11-4-12-27-42)59-55(58-53)52-43-28-14-13-21-38(43)35-48-51(52)46-30-15-17-31-47(46)56(48,40-22-7-2-8-23-40)41-24-9-3-10-25-41/h1-36H. The largest absolute Gasteiger partial charge is 0.309 e. The molecular formula is C56H36N4. The highest BCUT2D eigenvalue weighted by Gasteiger charge is 2.47. The van der Waals surface area contributed by atoms with Crippen molar-refractivity contribution in [1.29, 1.82) is 0 Å². The normalized spacial score (nSPS) is 12.8. The van der Waals surface area contributed by atoms with Crippen LogP contribution in [0.5, 0.6) is 0 Å². The van der Waals surface area contributed by atoms with Gasteiger partial charge in [0.2, 0.25) is 0 Å². The van der Waals surface area contributed by atoms with E-state index in [2.05, 4.69) is 205 Å². The molecule has 0 amide bonds. The van der Waals surface area contributed by atoms with Crippen LogP contribution in [0.2, 0.25) is 0 Å². The average molecular weight is 765 g/mol. The van der Waals surface area contributed by atoms with Crippen LogP contribution >= 0.6 is 0 Å². The number of fused-ring (bicyclic) bond motifs is 7. The Morgan fingerprint density at radius 2 is 0.900 bits per heavy atom. The fraction of sp³-hybridized carbons (Fsp3) is 0.0179. The Labute approximate surface area is 347 Å². The molecule has 12 rings (SSSR count). The molecule has 9 aromatic carbocycles. The van der Waals surface area contributed by atoms with Crippen molar-refractivity contribution in [2.24, 2.45) is 0 Å². The maximum atomic E-state index is 5.52. The van der Waals surface area contributed by atoms with Gasteiger partial charge in [-0.2, -0.15) is 0 Å². The van der Waals surface area contributed by atoms with Crippen LogP contribution in [-0.4, -0.2) is 19.5 Å². The Bertz CT molecular complexity index is 3370. The monoisotopic (exact) mass is 764 g/mol. The first-order valence-electron chi connectivity index (χ1n) is 20.5. The number of para-hydroxylation sites is 2. The van der Waals surface area contributed by atoms with Crippen molar-refractivity contribution < 1.29 is 0 Å². The van der Waals surface area contributed by atoms with Crippen molar-refractivity contribution in [3.8, 4) is 51.0 Å². The zero-order valence-corrected chi connectivity index (χ0v) is 32.6. The Morgan fingerprint density at radius 3 is 1.63 bits per heavy atom. The van der Waals surface area contributed by atoms with Crippen molar-refractivity contribution in [2.75, 3.05) is 0 Å². The second kappa shape index (κ2) is 13.6. The molecule has 1 aliphatic rings. The van der Waals surface area contributed by atoms with Crippen molar-refractivity contribution >= 4 is 32.6 Å². The van der Waals surface area contributed by atoms with Crippen LogP contribution in [0.15, 0.2) is 218 Å². The molecule has 0 fully saturated rings. The third-order valence-corrected chi connectivity index (χ3v) is 12.3. The fourth-order valence-corrected chi connectivity index (χ4v) is 9.79. The lowest BCUT2D eigenvalue weighted by molar-refractivity contribution is 0.769. The summed E-state index contributed by atoms with van der Waals surface area (Å²) < 4.78 is 2.34. The van der Waals surface area contributed by atoms with Gasteiger partial charge in [0, 0.05) is 33.2 Å². The molecule has 11 aromatic rings. The molecule has 2 heterocycles. The molecule has 280 valence electrons. The highest BCUT2D eigenvalue weighted by Crippen LogP contribution is 2.59. The Morgan fingerprint density at radius 1 is 0.350 bits per heavy atom. The molecule has 0 saturated carbocycles. The summed E-state index contributed by atoms with van der Waals surface area (Å²) in [5, 5.41) is 4.61. The maximum absolute atomic E-state index is 5.52. The van der Waals surface area contributed by atoms with E-state index in [0.29, 0.717) is 17.5 Å². The molecule has 0 radical (unpaired) electrons. The molecule has 0 spiro atoms. The molecule has 0 bridgehead atoms. The minimum absolute atomic E-state index is 0.582. The van der Waals surface area contributed by atoms with Crippen LogP contribution in [0, 0.1) is 0 Å². The summed E-state index contributed by atoms with van der Waals surface area (Å²) in [6, 6.07) is 78.0. The maximum Gasteiger partial charge on any atom is 0.165 e. The quantitative estimate of drug-likeness (QED) is 0.169. The molecule has 4 heteroatoms. The van der Waals surface area contributed by atoms with Crippen LogP contribution in [0.25, 0.3) is 83.6 Å². The average Bonchev–Trinajstić information content (AvgIpc) is 3.82. The first-order valence-corrected chi connectivity index (χ1v) is 20.5. The Hall–Kier alpha value is -7.95. The van der Waals surface area contributed by atoms with Gasteiger partial charge < -0.3 is 4.57 Å². The molecule has 2 aromatic heterocycles. The van der Waals surface area contributed by atoms with Crippen molar-refractivity contribution in [3.05, 3.63) is 241 Å². The number of hydrogen-bond acceptors (Lipinski definition) is 3. The van der Waals surface area contributed by atoms with Crippen molar-refractivity contribution in [1.82, 2.24) is 19.5 Å². The zero-order valence-electron chi connectivity index (χ0n) is 32.6. The highest BCUT2D eigenvalue weighted by atomic mass is 15.0. The molecule has 4 nitrogen and oxygen atoms in total. The minimum Gasteiger partial charge on any atom is -0.309 e. The predicted octanol–water partition coefficient (Wildman–Crippen LogP) is 13.5. The van der Waals surface area contributed by atoms with E-state index in [1.807, 2.05) is 18.2 Å². The summed E-state index contributed by atoms with van der Waals surface area (Å²) in [5.41, 5.74) is 12.8. The lowest BCUT2D eigenvalue weighted by Crippen LogP contribution is -2.28. The van der Waals surface area contributed by atoms with E-state index in [0.717, 1.165) is 49.7 Å². The first-order chi connectivity index (χ1) is 29.8. The second-order valence-corrected chi connectivity index (χ2v) is 15.5. The molecular weight excluding hydrogens is 729 g/mol. The van der Waals surface area contributed by atoms with Crippen LogP contribution in [0.1, 0.15) is 22.3 Å². The van der Waals surface area contributed by atoms with Crippen LogP contribution in [0.4, 0.5) is 0 Å². The van der Waals surface area contributed by atoms with Gasteiger partial charge in [-0.25, -0.2) is 15.0 Å². The van der Waals surface area contributed by atoms with Gasteiger partial charge in [0.1, 0.15) is 0 Å². The summed E-state index contributed by atoms with van der Waals surface area (Å²) >= 11 is 0. The Balaban J connectivity index is 1.18. The van der Waals surface area contributed by atoms with Gasteiger partial charge in [-0.05, 0) is 74.5 Å². The molecule has 0 unspecified atom stereocenters. The van der Waals surface area contributed by atoms with E-state index in [4.69, 9.17) is 15.0 Å². The summed E-state index contributed by atoms with van der Waals surface area (Å²) in [5.74, 6) is 1.89. The van der Waals surface area contributed by atoms with E-state index in [1.54, 1.807) is 0 Å². The number of rotatable bonds is 6. The summed E-state index contributed by atoms with van der Waals surface area (Å²) in [6.07, 6.45) is 0. The van der Waals surface area contributed by atoms with Gasteiger partial charge in [0.25, 0.3) is 0 Å². The fourth-order valence-electron chi connectivity index (χ4n) is 9.79. The van der Waals surface area contributed by atoms with Crippen molar-refractivity contribution in [3.63, 3.8) is 0 Å². The molecule has 60 heavy (non-hydrogen) atoms. The topological polar surface area (TPSA) is 43.6 Å². The first kappa shape index (κ1) is 34.1. The van der Waals surface area contributed by atoms with Gasteiger partial charge in [-0.15, -0.1) is 0 Å². The van der Waals surface area contributed by atoms with Gasteiger partial charge in [-0.3, -0.25) is 0 Å². The third-order valence-electron chi connectivity index (χ3n) is 12.3. The number of nitrogens with zero attached hydrogens (tertiary/aromatic N) is 4. The van der Waals surface area contributed by atoms with Gasteiger partial charge in [-0.1, -0.05) is 188 Å². The molecule has 0 atom stereocenters. The lowest BCUT2D eigenvalue weighted by Gasteiger charge is -2.34. The lowest BCUT2D eigenvalue weighted by atomic mass is 9.67. The third kappa shape index (κ3) is 5.07. The van der Waals surface area contributed by atoms with Crippen LogP contribution in [-0.2, 0) is 5.41 Å². The smallest absolute Gasteiger partial charge is 0.165 e. The van der Waals surface area contributed by atoms with Gasteiger partial charge >= 0.3 is 0 Å². The predicted molar refractivity (Wildman–Crippen MR) is 245 cm³/mol. The minimum atomic E-state index is -0.582. The Kier molecular flexibility index (Phi) is 7.72. The molecule has 0 N–H and O–H groups in total. The summed E-state index contributed by atoms with van der Waals surface area (Å²) in [6.45, 7) is 0. The molecule has 1 aliphatic carbocycles. The molecule has 0 saturated heterocycles. The van der Waals surface area contributed by atoms with Gasteiger partial charge in [0.05, 0.1) is 16.4 Å². The summed E-state index contributed by atoms with van der Waals surface area (Å²) in [4.78, 5) is 16.2. The van der Waals surface area contributed by atoms with E-state index in [9.17, 15) is 0 Å². The van der Waals surface area contributed by atoms with E-state index >= 15 is 0 Å². The van der Waals surface area contributed by atoms with Crippen LogP contribution in [0.3, 0.4) is 0 Å². The zero-order chi connectivity index (χ0) is 39.6. The van der Waals surface area contributed by atoms with E-state index < -0.39 is 5.41 Å².